The zero-order chi connectivity index (χ0) is 14.8. The van der Waals surface area contributed by atoms with Gasteiger partial charge in [0.2, 0.25) is 0 Å². The van der Waals surface area contributed by atoms with Crippen LogP contribution in [-0.4, -0.2) is 6.61 Å². The average Bonchev–Trinajstić information content (AvgIpc) is 2.50. The first-order chi connectivity index (χ1) is 10.2. The molecule has 2 aromatic rings. The van der Waals surface area contributed by atoms with Gasteiger partial charge in [-0.25, -0.2) is 0 Å². The van der Waals surface area contributed by atoms with Crippen LogP contribution >= 0.6 is 0 Å². The predicted octanol–water partition coefficient (Wildman–Crippen LogP) is 4.26. The minimum absolute atomic E-state index is 0.0843. The molecule has 0 amide bonds. The van der Waals surface area contributed by atoms with Gasteiger partial charge in [0, 0.05) is 6.04 Å². The molecule has 1 aliphatic rings. The Hall–Kier alpha value is -1.80. The van der Waals surface area contributed by atoms with Gasteiger partial charge in [-0.05, 0) is 60.9 Å². The first-order valence-electron chi connectivity index (χ1n) is 7.70. The zero-order valence-corrected chi connectivity index (χ0v) is 12.8. The molecule has 0 fully saturated rings. The number of benzene rings is 2. The van der Waals surface area contributed by atoms with E-state index >= 15 is 0 Å². The lowest BCUT2D eigenvalue weighted by Crippen LogP contribution is -2.20. The van der Waals surface area contributed by atoms with Crippen LogP contribution in [0.1, 0.15) is 47.1 Å². The summed E-state index contributed by atoms with van der Waals surface area (Å²) in [6.07, 6.45) is 2.03. The van der Waals surface area contributed by atoms with Crippen molar-refractivity contribution in [1.82, 2.24) is 0 Å². The summed E-state index contributed by atoms with van der Waals surface area (Å²) in [7, 11) is 0. The van der Waals surface area contributed by atoms with Crippen molar-refractivity contribution in [3.8, 4) is 5.75 Å². The largest absolute Gasteiger partial charge is 0.493 e. The maximum atomic E-state index is 6.51. The second kappa shape index (κ2) is 5.90. The molecular formula is C19H23NO. The Morgan fingerprint density at radius 2 is 1.95 bits per heavy atom. The highest BCUT2D eigenvalue weighted by molar-refractivity contribution is 5.39. The quantitative estimate of drug-likeness (QED) is 0.912. The van der Waals surface area contributed by atoms with Gasteiger partial charge in [-0.2, -0.15) is 0 Å². The highest BCUT2D eigenvalue weighted by atomic mass is 16.5. The SMILES string of the molecule is Cc1cccc(C(N)CC2CCOc3ccccc32)c1C. The maximum absolute atomic E-state index is 6.51. The molecule has 21 heavy (non-hydrogen) atoms. The molecule has 2 heteroatoms. The zero-order valence-electron chi connectivity index (χ0n) is 12.8. The molecule has 3 rings (SSSR count). The summed E-state index contributed by atoms with van der Waals surface area (Å²) in [6, 6.07) is 14.9. The fourth-order valence-corrected chi connectivity index (χ4v) is 3.27. The molecule has 2 unspecified atom stereocenters. The summed E-state index contributed by atoms with van der Waals surface area (Å²) in [6.45, 7) is 5.11. The molecule has 0 bridgehead atoms. The Balaban J connectivity index is 1.83. The van der Waals surface area contributed by atoms with Gasteiger partial charge in [-0.3, -0.25) is 0 Å². The van der Waals surface area contributed by atoms with Crippen molar-refractivity contribution >= 4 is 0 Å². The van der Waals surface area contributed by atoms with Crippen molar-refractivity contribution in [3.63, 3.8) is 0 Å². The van der Waals surface area contributed by atoms with Crippen molar-refractivity contribution in [1.29, 1.82) is 0 Å². The molecule has 0 saturated carbocycles. The van der Waals surface area contributed by atoms with E-state index in [-0.39, 0.29) is 6.04 Å². The Morgan fingerprint density at radius 3 is 2.81 bits per heavy atom. The summed E-state index contributed by atoms with van der Waals surface area (Å²) in [5.41, 5.74) is 11.7. The van der Waals surface area contributed by atoms with Gasteiger partial charge in [0.15, 0.2) is 0 Å². The van der Waals surface area contributed by atoms with Crippen molar-refractivity contribution in [2.45, 2.75) is 38.6 Å². The van der Waals surface area contributed by atoms with Crippen LogP contribution in [0.5, 0.6) is 5.75 Å². The van der Waals surface area contributed by atoms with E-state index in [2.05, 4.69) is 50.2 Å². The molecule has 0 spiro atoms. The van der Waals surface area contributed by atoms with Crippen LogP contribution < -0.4 is 10.5 Å². The molecule has 1 aliphatic heterocycles. The van der Waals surface area contributed by atoms with Gasteiger partial charge in [-0.15, -0.1) is 0 Å². The summed E-state index contributed by atoms with van der Waals surface area (Å²) in [5, 5.41) is 0. The number of aryl methyl sites for hydroxylation is 1. The summed E-state index contributed by atoms with van der Waals surface area (Å²) < 4.78 is 5.74. The van der Waals surface area contributed by atoms with Crippen LogP contribution in [0.25, 0.3) is 0 Å². The fourth-order valence-electron chi connectivity index (χ4n) is 3.27. The Morgan fingerprint density at radius 1 is 1.14 bits per heavy atom. The smallest absolute Gasteiger partial charge is 0.122 e. The molecule has 0 saturated heterocycles. The van der Waals surface area contributed by atoms with E-state index < -0.39 is 0 Å². The monoisotopic (exact) mass is 281 g/mol. The lowest BCUT2D eigenvalue weighted by Gasteiger charge is -2.28. The van der Waals surface area contributed by atoms with Crippen LogP contribution in [-0.2, 0) is 0 Å². The molecule has 110 valence electrons. The van der Waals surface area contributed by atoms with E-state index in [0.29, 0.717) is 5.92 Å². The predicted molar refractivity (Wildman–Crippen MR) is 86.8 cm³/mol. The third-order valence-corrected chi connectivity index (χ3v) is 4.67. The number of ether oxygens (including phenoxy) is 1. The van der Waals surface area contributed by atoms with Crippen molar-refractivity contribution in [3.05, 3.63) is 64.7 Å². The van der Waals surface area contributed by atoms with E-state index in [1.165, 1.54) is 22.3 Å². The molecule has 2 atom stereocenters. The third kappa shape index (κ3) is 2.81. The lowest BCUT2D eigenvalue weighted by molar-refractivity contribution is 0.259. The third-order valence-electron chi connectivity index (χ3n) is 4.67. The van der Waals surface area contributed by atoms with Gasteiger partial charge in [0.1, 0.15) is 5.75 Å². The number of hydrogen-bond donors (Lipinski definition) is 1. The highest BCUT2D eigenvalue weighted by Crippen LogP contribution is 2.38. The first kappa shape index (κ1) is 14.2. The first-order valence-corrected chi connectivity index (χ1v) is 7.70. The molecule has 2 N–H and O–H groups in total. The van der Waals surface area contributed by atoms with E-state index in [1.54, 1.807) is 0 Å². The number of fused-ring (bicyclic) bond motifs is 1. The highest BCUT2D eigenvalue weighted by Gasteiger charge is 2.24. The van der Waals surface area contributed by atoms with Crippen LogP contribution in [0.4, 0.5) is 0 Å². The Kier molecular flexibility index (Phi) is 3.98. The van der Waals surface area contributed by atoms with E-state index in [0.717, 1.165) is 25.2 Å². The molecule has 1 heterocycles. The molecule has 0 radical (unpaired) electrons. The molecule has 0 aliphatic carbocycles. The summed E-state index contributed by atoms with van der Waals surface area (Å²) in [4.78, 5) is 0. The van der Waals surface area contributed by atoms with E-state index in [9.17, 15) is 0 Å². The van der Waals surface area contributed by atoms with Gasteiger partial charge >= 0.3 is 0 Å². The fraction of sp³-hybridized carbons (Fsp3) is 0.368. The second-order valence-electron chi connectivity index (χ2n) is 6.00. The molecular weight excluding hydrogens is 258 g/mol. The minimum atomic E-state index is 0.0843. The average molecular weight is 281 g/mol. The van der Waals surface area contributed by atoms with Crippen molar-refractivity contribution in [2.75, 3.05) is 6.61 Å². The van der Waals surface area contributed by atoms with Gasteiger partial charge in [0.25, 0.3) is 0 Å². The Bertz CT molecular complexity index is 635. The van der Waals surface area contributed by atoms with Crippen molar-refractivity contribution < 1.29 is 4.74 Å². The number of hydrogen-bond acceptors (Lipinski definition) is 2. The summed E-state index contributed by atoms with van der Waals surface area (Å²) >= 11 is 0. The van der Waals surface area contributed by atoms with E-state index in [4.69, 9.17) is 10.5 Å². The van der Waals surface area contributed by atoms with Crippen LogP contribution in [0.3, 0.4) is 0 Å². The standard InChI is InChI=1S/C19H23NO/c1-13-6-5-8-16(14(13)2)18(20)12-15-10-11-21-19-9-4-3-7-17(15)19/h3-9,15,18H,10-12,20H2,1-2H3. The molecule has 2 nitrogen and oxygen atoms in total. The topological polar surface area (TPSA) is 35.2 Å². The normalized spacial score (nSPS) is 18.7. The molecule has 0 aromatic heterocycles. The molecule has 2 aromatic carbocycles. The summed E-state index contributed by atoms with van der Waals surface area (Å²) in [5.74, 6) is 1.52. The number of nitrogens with two attached hydrogens (primary N) is 1. The lowest BCUT2D eigenvalue weighted by atomic mass is 9.84. The number of para-hydroxylation sites is 1. The number of rotatable bonds is 3. The Labute approximate surface area is 126 Å². The van der Waals surface area contributed by atoms with Crippen molar-refractivity contribution in [2.24, 2.45) is 5.73 Å². The van der Waals surface area contributed by atoms with Gasteiger partial charge < -0.3 is 10.5 Å². The van der Waals surface area contributed by atoms with Gasteiger partial charge in [0.05, 0.1) is 6.61 Å². The van der Waals surface area contributed by atoms with Gasteiger partial charge in [-0.1, -0.05) is 36.4 Å². The van der Waals surface area contributed by atoms with E-state index in [1.807, 2.05) is 6.07 Å². The van der Waals surface area contributed by atoms with Crippen LogP contribution in [0, 0.1) is 13.8 Å². The van der Waals surface area contributed by atoms with Crippen LogP contribution in [0.2, 0.25) is 0 Å². The maximum Gasteiger partial charge on any atom is 0.122 e. The minimum Gasteiger partial charge on any atom is -0.493 e. The van der Waals surface area contributed by atoms with Crippen LogP contribution in [0.15, 0.2) is 42.5 Å². The second-order valence-corrected chi connectivity index (χ2v) is 6.00.